The van der Waals surface area contributed by atoms with Gasteiger partial charge in [0.05, 0.1) is 19.3 Å². The second-order valence-corrected chi connectivity index (χ2v) is 5.25. The smallest absolute Gasteiger partial charge is 0.120 e. The van der Waals surface area contributed by atoms with E-state index in [1.165, 1.54) is 0 Å². The lowest BCUT2D eigenvalue weighted by Crippen LogP contribution is -2.00. The first-order valence-corrected chi connectivity index (χ1v) is 7.30. The highest BCUT2D eigenvalue weighted by Gasteiger charge is 1.98. The summed E-state index contributed by atoms with van der Waals surface area (Å²) in [6.07, 6.45) is 3.85. The van der Waals surface area contributed by atoms with Crippen LogP contribution in [0.2, 0.25) is 0 Å². The maximum Gasteiger partial charge on any atom is 0.120 e. The normalized spacial score (nSPS) is 9.90. The van der Waals surface area contributed by atoms with Crippen LogP contribution in [0.1, 0.15) is 5.56 Å². The Labute approximate surface area is 123 Å². The van der Waals surface area contributed by atoms with E-state index >= 15 is 0 Å². The minimum atomic E-state index is 0.368. The number of rotatable bonds is 5. The SMILES string of the molecule is Cn1cc(SCCOc2cccc(C#CCN)c2)cn1. The molecule has 0 saturated carbocycles. The first kappa shape index (κ1) is 14.5. The summed E-state index contributed by atoms with van der Waals surface area (Å²) in [4.78, 5) is 1.15. The first-order valence-electron chi connectivity index (χ1n) is 6.31. The van der Waals surface area contributed by atoms with Crippen LogP contribution >= 0.6 is 11.8 Å². The summed E-state index contributed by atoms with van der Waals surface area (Å²) in [6, 6.07) is 7.74. The Bertz CT molecular complexity index is 613. The molecule has 0 aliphatic rings. The molecule has 1 aromatic heterocycles. The summed E-state index contributed by atoms with van der Waals surface area (Å²) >= 11 is 1.73. The Hall–Kier alpha value is -1.90. The average molecular weight is 287 g/mol. The van der Waals surface area contributed by atoms with Crippen molar-refractivity contribution in [3.05, 3.63) is 42.2 Å². The fourth-order valence-corrected chi connectivity index (χ4v) is 2.36. The Morgan fingerprint density at radius 2 is 2.35 bits per heavy atom. The predicted octanol–water partition coefficient (Wildman–Crippen LogP) is 1.90. The van der Waals surface area contributed by atoms with Gasteiger partial charge in [0, 0.05) is 29.5 Å². The fraction of sp³-hybridized carbons (Fsp3) is 0.267. The van der Waals surface area contributed by atoms with E-state index in [-0.39, 0.29) is 0 Å². The molecule has 0 atom stereocenters. The summed E-state index contributed by atoms with van der Waals surface area (Å²) in [6.45, 7) is 1.01. The molecule has 4 nitrogen and oxygen atoms in total. The van der Waals surface area contributed by atoms with Gasteiger partial charge in [-0.3, -0.25) is 4.68 Å². The van der Waals surface area contributed by atoms with Gasteiger partial charge in [0.25, 0.3) is 0 Å². The molecule has 20 heavy (non-hydrogen) atoms. The molecule has 0 bridgehead atoms. The van der Waals surface area contributed by atoms with Crippen molar-refractivity contribution < 1.29 is 4.74 Å². The standard InChI is InChI=1S/C15H17N3OS/c1-18-12-15(11-17-18)20-9-8-19-14-6-2-4-13(10-14)5-3-7-16/h2,4,6,10-12H,7-9,16H2,1H3. The maximum atomic E-state index is 5.71. The van der Waals surface area contributed by atoms with E-state index in [1.54, 1.807) is 16.4 Å². The molecular weight excluding hydrogens is 270 g/mol. The van der Waals surface area contributed by atoms with Crippen molar-refractivity contribution in [2.45, 2.75) is 4.90 Å². The van der Waals surface area contributed by atoms with Crippen molar-refractivity contribution in [2.24, 2.45) is 12.8 Å². The molecule has 0 fully saturated rings. The summed E-state index contributed by atoms with van der Waals surface area (Å²) in [5.41, 5.74) is 6.28. The minimum absolute atomic E-state index is 0.368. The molecular formula is C15H17N3OS. The summed E-state index contributed by atoms with van der Waals surface area (Å²) in [5, 5.41) is 4.12. The average Bonchev–Trinajstić information content (AvgIpc) is 2.87. The second kappa shape index (κ2) is 7.63. The number of nitrogens with two attached hydrogens (primary N) is 1. The Balaban J connectivity index is 1.79. The third-order valence-corrected chi connectivity index (χ3v) is 3.39. The number of hydrogen-bond acceptors (Lipinski definition) is 4. The van der Waals surface area contributed by atoms with Crippen LogP contribution in [-0.2, 0) is 7.05 Å². The lowest BCUT2D eigenvalue weighted by atomic mass is 10.2. The zero-order chi connectivity index (χ0) is 14.2. The molecule has 0 radical (unpaired) electrons. The fourth-order valence-electron chi connectivity index (χ4n) is 1.61. The van der Waals surface area contributed by atoms with Gasteiger partial charge in [-0.05, 0) is 18.2 Å². The highest BCUT2D eigenvalue weighted by Crippen LogP contribution is 2.17. The van der Waals surface area contributed by atoms with E-state index in [0.717, 1.165) is 22.0 Å². The van der Waals surface area contributed by atoms with E-state index < -0.39 is 0 Å². The van der Waals surface area contributed by atoms with E-state index in [1.807, 2.05) is 43.7 Å². The van der Waals surface area contributed by atoms with Crippen molar-refractivity contribution in [1.82, 2.24) is 9.78 Å². The van der Waals surface area contributed by atoms with Gasteiger partial charge < -0.3 is 10.5 Å². The van der Waals surface area contributed by atoms with Crippen molar-refractivity contribution >= 4 is 11.8 Å². The molecule has 0 aliphatic carbocycles. The largest absolute Gasteiger partial charge is 0.493 e. The summed E-state index contributed by atoms with van der Waals surface area (Å²) in [5.74, 6) is 7.54. The van der Waals surface area contributed by atoms with Crippen molar-refractivity contribution in [1.29, 1.82) is 0 Å². The van der Waals surface area contributed by atoms with Gasteiger partial charge >= 0.3 is 0 Å². The summed E-state index contributed by atoms with van der Waals surface area (Å²) < 4.78 is 7.50. The Morgan fingerprint density at radius 1 is 1.45 bits per heavy atom. The lowest BCUT2D eigenvalue weighted by Gasteiger charge is -2.05. The van der Waals surface area contributed by atoms with Gasteiger partial charge in [-0.1, -0.05) is 17.9 Å². The first-order chi connectivity index (χ1) is 9.78. The molecule has 0 spiro atoms. The zero-order valence-corrected chi connectivity index (χ0v) is 12.2. The molecule has 2 aromatic rings. The highest BCUT2D eigenvalue weighted by molar-refractivity contribution is 7.99. The number of hydrogen-bond donors (Lipinski definition) is 1. The molecule has 0 saturated heterocycles. The minimum Gasteiger partial charge on any atom is -0.493 e. The molecule has 104 valence electrons. The van der Waals surface area contributed by atoms with Gasteiger partial charge in [0.2, 0.25) is 0 Å². The van der Waals surface area contributed by atoms with Crippen molar-refractivity contribution in [3.63, 3.8) is 0 Å². The monoisotopic (exact) mass is 287 g/mol. The number of aryl methyl sites for hydroxylation is 1. The van der Waals surface area contributed by atoms with E-state index in [4.69, 9.17) is 10.5 Å². The number of nitrogens with zero attached hydrogens (tertiary/aromatic N) is 2. The lowest BCUT2D eigenvalue weighted by molar-refractivity contribution is 0.344. The molecule has 1 heterocycles. The molecule has 0 unspecified atom stereocenters. The van der Waals surface area contributed by atoms with Crippen molar-refractivity contribution in [3.8, 4) is 17.6 Å². The van der Waals surface area contributed by atoms with Crippen LogP contribution in [0.25, 0.3) is 0 Å². The van der Waals surface area contributed by atoms with Crippen LogP contribution in [0, 0.1) is 11.8 Å². The highest BCUT2D eigenvalue weighted by atomic mass is 32.2. The maximum absolute atomic E-state index is 5.71. The van der Waals surface area contributed by atoms with E-state index in [0.29, 0.717) is 13.2 Å². The molecule has 1 aromatic carbocycles. The van der Waals surface area contributed by atoms with Gasteiger partial charge in [-0.25, -0.2) is 0 Å². The van der Waals surface area contributed by atoms with Gasteiger partial charge in [-0.2, -0.15) is 5.10 Å². The number of aromatic nitrogens is 2. The quantitative estimate of drug-likeness (QED) is 0.518. The molecule has 2 N–H and O–H groups in total. The third kappa shape index (κ3) is 4.65. The van der Waals surface area contributed by atoms with Gasteiger partial charge in [0.1, 0.15) is 5.75 Å². The van der Waals surface area contributed by atoms with Crippen LogP contribution < -0.4 is 10.5 Å². The van der Waals surface area contributed by atoms with Crippen LogP contribution in [0.4, 0.5) is 0 Å². The van der Waals surface area contributed by atoms with Gasteiger partial charge in [-0.15, -0.1) is 11.8 Å². The van der Waals surface area contributed by atoms with Crippen LogP contribution in [0.5, 0.6) is 5.75 Å². The zero-order valence-electron chi connectivity index (χ0n) is 11.4. The molecule has 0 aliphatic heterocycles. The second-order valence-electron chi connectivity index (χ2n) is 4.08. The van der Waals surface area contributed by atoms with Crippen molar-refractivity contribution in [2.75, 3.05) is 18.9 Å². The van der Waals surface area contributed by atoms with Gasteiger partial charge in [0.15, 0.2) is 0 Å². The van der Waals surface area contributed by atoms with Crippen LogP contribution in [0.15, 0.2) is 41.6 Å². The third-order valence-electron chi connectivity index (χ3n) is 2.47. The van der Waals surface area contributed by atoms with Crippen LogP contribution in [0.3, 0.4) is 0 Å². The summed E-state index contributed by atoms with van der Waals surface area (Å²) in [7, 11) is 1.91. The molecule has 5 heteroatoms. The topological polar surface area (TPSA) is 53.1 Å². The van der Waals surface area contributed by atoms with E-state index in [9.17, 15) is 0 Å². The Morgan fingerprint density at radius 3 is 3.10 bits per heavy atom. The van der Waals surface area contributed by atoms with Crippen LogP contribution in [-0.4, -0.2) is 28.7 Å². The number of benzene rings is 1. The number of thioether (sulfide) groups is 1. The Kier molecular flexibility index (Phi) is 5.54. The predicted molar refractivity (Wildman–Crippen MR) is 81.8 cm³/mol. The molecule has 2 rings (SSSR count). The number of ether oxygens (including phenoxy) is 1. The van der Waals surface area contributed by atoms with E-state index in [2.05, 4.69) is 16.9 Å². The molecule has 0 amide bonds.